The van der Waals surface area contributed by atoms with E-state index in [9.17, 15) is 22.9 Å². The van der Waals surface area contributed by atoms with Crippen molar-refractivity contribution in [3.63, 3.8) is 0 Å². The van der Waals surface area contributed by atoms with Gasteiger partial charge < -0.3 is 5.32 Å². The van der Waals surface area contributed by atoms with Crippen LogP contribution in [-0.2, 0) is 10.0 Å². The summed E-state index contributed by atoms with van der Waals surface area (Å²) >= 11 is 0. The van der Waals surface area contributed by atoms with Gasteiger partial charge in [0, 0.05) is 13.1 Å². The van der Waals surface area contributed by atoms with E-state index in [2.05, 4.69) is 5.32 Å². The lowest BCUT2D eigenvalue weighted by molar-refractivity contribution is -0.390. The van der Waals surface area contributed by atoms with Gasteiger partial charge in [-0.05, 0) is 44.5 Å². The average molecular weight is 331 g/mol. The van der Waals surface area contributed by atoms with E-state index in [1.807, 2.05) is 7.05 Å². The number of piperidine rings is 1. The van der Waals surface area contributed by atoms with Gasteiger partial charge in [0.15, 0.2) is 4.90 Å². The molecular weight excluding hydrogens is 313 g/mol. The van der Waals surface area contributed by atoms with Crippen LogP contribution in [0, 0.1) is 21.8 Å². The fourth-order valence-electron chi connectivity index (χ4n) is 2.66. The largest absolute Gasteiger partial charge is 0.324 e. The molecule has 22 heavy (non-hydrogen) atoms. The van der Waals surface area contributed by atoms with Crippen molar-refractivity contribution in [3.8, 4) is 0 Å². The van der Waals surface area contributed by atoms with Crippen LogP contribution >= 0.6 is 0 Å². The van der Waals surface area contributed by atoms with Crippen molar-refractivity contribution in [2.24, 2.45) is 5.92 Å². The van der Waals surface area contributed by atoms with Crippen molar-refractivity contribution in [3.05, 3.63) is 34.1 Å². The number of nitrogens with one attached hydrogen (secondary N) is 1. The van der Waals surface area contributed by atoms with Crippen LogP contribution < -0.4 is 5.32 Å². The zero-order valence-electron chi connectivity index (χ0n) is 12.2. The molecule has 0 radical (unpaired) electrons. The Morgan fingerprint density at radius 1 is 1.41 bits per heavy atom. The van der Waals surface area contributed by atoms with E-state index < -0.39 is 31.3 Å². The Balaban J connectivity index is 2.29. The molecule has 122 valence electrons. The summed E-state index contributed by atoms with van der Waals surface area (Å²) in [5.41, 5.74) is -0.986. The molecule has 1 aliphatic rings. The molecule has 1 N–H and O–H groups in total. The Bertz CT molecular complexity index is 657. The number of sulfonamides is 1. The summed E-state index contributed by atoms with van der Waals surface area (Å²) in [6, 6.07) is 3.13. The maximum absolute atomic E-state index is 13.6. The molecule has 1 fully saturated rings. The van der Waals surface area contributed by atoms with Gasteiger partial charge in [-0.25, -0.2) is 8.42 Å². The van der Waals surface area contributed by atoms with Crippen LogP contribution in [0.3, 0.4) is 0 Å². The second-order valence-electron chi connectivity index (χ2n) is 5.25. The Morgan fingerprint density at radius 2 is 2.05 bits per heavy atom. The molecule has 1 aromatic rings. The molecule has 0 spiro atoms. The molecule has 0 amide bonds. The lowest BCUT2D eigenvalue weighted by atomic mass is 9.98. The topological polar surface area (TPSA) is 92.6 Å². The minimum absolute atomic E-state index is 0.280. The van der Waals surface area contributed by atoms with E-state index in [-0.39, 0.29) is 13.1 Å². The standard InChI is InChI=1S/C13H18FN3O4S/c1-15-9-10-5-7-16(8-6-10)22(20,21)12-4-2-3-11(14)13(12)17(18)19/h2-4,10,15H,5-9H2,1H3. The van der Waals surface area contributed by atoms with Crippen molar-refractivity contribution < 1.29 is 17.7 Å². The Kier molecular flexibility index (Phi) is 5.09. The maximum Gasteiger partial charge on any atom is 0.324 e. The first-order chi connectivity index (χ1) is 10.4. The van der Waals surface area contributed by atoms with Gasteiger partial charge in [-0.1, -0.05) is 6.07 Å². The summed E-state index contributed by atoms with van der Waals surface area (Å²) in [6.07, 6.45) is 1.34. The molecule has 1 heterocycles. The monoisotopic (exact) mass is 331 g/mol. The highest BCUT2D eigenvalue weighted by Crippen LogP contribution is 2.31. The van der Waals surface area contributed by atoms with E-state index in [0.717, 1.165) is 18.7 Å². The van der Waals surface area contributed by atoms with E-state index in [1.54, 1.807) is 0 Å². The Hall–Kier alpha value is -1.58. The summed E-state index contributed by atoms with van der Waals surface area (Å²) in [4.78, 5) is 9.41. The number of halogens is 1. The molecule has 2 rings (SSSR count). The number of hydrogen-bond donors (Lipinski definition) is 1. The fourth-order valence-corrected chi connectivity index (χ4v) is 4.30. The molecule has 7 nitrogen and oxygen atoms in total. The minimum Gasteiger partial charge on any atom is -0.319 e. The molecule has 0 atom stereocenters. The number of hydrogen-bond acceptors (Lipinski definition) is 5. The summed E-state index contributed by atoms with van der Waals surface area (Å²) in [7, 11) is -2.23. The SMILES string of the molecule is CNCC1CCN(S(=O)(=O)c2cccc(F)c2[N+](=O)[O-])CC1. The van der Waals surface area contributed by atoms with Crippen LogP contribution in [0.15, 0.2) is 23.1 Å². The van der Waals surface area contributed by atoms with Gasteiger partial charge in [0.25, 0.3) is 0 Å². The third-order valence-corrected chi connectivity index (χ3v) is 5.75. The molecule has 0 aromatic heterocycles. The molecule has 0 saturated carbocycles. The average Bonchev–Trinajstić information content (AvgIpc) is 2.47. The minimum atomic E-state index is -4.07. The number of nitro groups is 1. The van der Waals surface area contributed by atoms with Gasteiger partial charge in [0.2, 0.25) is 15.8 Å². The van der Waals surface area contributed by atoms with Crippen LogP contribution in [0.4, 0.5) is 10.1 Å². The van der Waals surface area contributed by atoms with Crippen molar-refractivity contribution >= 4 is 15.7 Å². The van der Waals surface area contributed by atoms with Gasteiger partial charge in [-0.2, -0.15) is 8.70 Å². The third kappa shape index (κ3) is 3.26. The third-order valence-electron chi connectivity index (χ3n) is 3.82. The summed E-state index contributed by atoms with van der Waals surface area (Å²) in [6.45, 7) is 1.36. The number of nitrogens with zero attached hydrogens (tertiary/aromatic N) is 2. The first kappa shape index (κ1) is 16.8. The van der Waals surface area contributed by atoms with Crippen molar-refractivity contribution in [1.82, 2.24) is 9.62 Å². The van der Waals surface area contributed by atoms with E-state index in [1.165, 1.54) is 10.4 Å². The highest BCUT2D eigenvalue weighted by molar-refractivity contribution is 7.89. The van der Waals surface area contributed by atoms with E-state index in [4.69, 9.17) is 0 Å². The second-order valence-corrected chi connectivity index (χ2v) is 7.16. The molecule has 1 aromatic carbocycles. The summed E-state index contributed by atoms with van der Waals surface area (Å²) < 4.78 is 40.0. The summed E-state index contributed by atoms with van der Waals surface area (Å²) in [5, 5.41) is 14.0. The molecule has 9 heteroatoms. The smallest absolute Gasteiger partial charge is 0.319 e. The fraction of sp³-hybridized carbons (Fsp3) is 0.538. The van der Waals surface area contributed by atoms with Crippen molar-refractivity contribution in [1.29, 1.82) is 0 Å². The zero-order valence-corrected chi connectivity index (χ0v) is 13.0. The highest BCUT2D eigenvalue weighted by atomic mass is 32.2. The lowest BCUT2D eigenvalue weighted by Crippen LogP contribution is -2.40. The first-order valence-corrected chi connectivity index (χ1v) is 8.39. The van der Waals surface area contributed by atoms with E-state index >= 15 is 0 Å². The Labute approximate surface area is 128 Å². The second kappa shape index (κ2) is 6.67. The quantitative estimate of drug-likeness (QED) is 0.649. The van der Waals surface area contributed by atoms with Crippen LogP contribution in [0.2, 0.25) is 0 Å². The number of para-hydroxylation sites is 1. The van der Waals surface area contributed by atoms with Gasteiger partial charge >= 0.3 is 5.69 Å². The molecule has 0 bridgehead atoms. The molecule has 0 aliphatic carbocycles. The number of rotatable bonds is 5. The lowest BCUT2D eigenvalue weighted by Gasteiger charge is -2.30. The van der Waals surface area contributed by atoms with Gasteiger partial charge in [-0.3, -0.25) is 10.1 Å². The molecule has 1 aliphatic heterocycles. The van der Waals surface area contributed by atoms with Crippen LogP contribution in [0.25, 0.3) is 0 Å². The van der Waals surface area contributed by atoms with E-state index in [0.29, 0.717) is 18.8 Å². The van der Waals surface area contributed by atoms with Crippen molar-refractivity contribution in [2.75, 3.05) is 26.7 Å². The predicted molar refractivity (Wildman–Crippen MR) is 78.5 cm³/mol. The zero-order chi connectivity index (χ0) is 16.3. The van der Waals surface area contributed by atoms with Crippen LogP contribution in [0.5, 0.6) is 0 Å². The molecular formula is C13H18FN3O4S. The van der Waals surface area contributed by atoms with Crippen molar-refractivity contribution in [2.45, 2.75) is 17.7 Å². The highest BCUT2D eigenvalue weighted by Gasteiger charge is 2.35. The molecule has 0 unspecified atom stereocenters. The van der Waals surface area contributed by atoms with Gasteiger partial charge in [0.1, 0.15) is 0 Å². The Morgan fingerprint density at radius 3 is 2.59 bits per heavy atom. The first-order valence-electron chi connectivity index (χ1n) is 6.95. The normalized spacial score (nSPS) is 17.5. The van der Waals surface area contributed by atoms with Crippen LogP contribution in [0.1, 0.15) is 12.8 Å². The summed E-state index contributed by atoms with van der Waals surface area (Å²) in [5.74, 6) is -0.768. The van der Waals surface area contributed by atoms with Gasteiger partial charge in [0.05, 0.1) is 4.92 Å². The van der Waals surface area contributed by atoms with Gasteiger partial charge in [-0.15, -0.1) is 0 Å². The molecule has 1 saturated heterocycles. The van der Waals surface area contributed by atoms with Crippen LogP contribution in [-0.4, -0.2) is 44.3 Å². The predicted octanol–water partition coefficient (Wildman–Crippen LogP) is 1.35. The number of benzene rings is 1. The number of nitro benzene ring substituents is 1. The maximum atomic E-state index is 13.6.